The van der Waals surface area contributed by atoms with Crippen LogP contribution in [0.15, 0.2) is 42.7 Å². The number of carbonyl (C=O) groups is 1. The summed E-state index contributed by atoms with van der Waals surface area (Å²) in [5.74, 6) is 1.71. The summed E-state index contributed by atoms with van der Waals surface area (Å²) >= 11 is 0. The third-order valence-corrected chi connectivity index (χ3v) is 5.35. The van der Waals surface area contributed by atoms with Crippen molar-refractivity contribution in [3.63, 3.8) is 0 Å². The first kappa shape index (κ1) is 19.3. The fraction of sp³-hybridized carbons (Fsp3) is 0.391. The highest BCUT2D eigenvalue weighted by Crippen LogP contribution is 2.35. The van der Waals surface area contributed by atoms with E-state index in [9.17, 15) is 4.79 Å². The van der Waals surface area contributed by atoms with Gasteiger partial charge in [-0.25, -0.2) is 0 Å². The van der Waals surface area contributed by atoms with Crippen molar-refractivity contribution >= 4 is 17.7 Å². The summed E-state index contributed by atoms with van der Waals surface area (Å²) in [5.41, 5.74) is 3.19. The van der Waals surface area contributed by atoms with Crippen molar-refractivity contribution in [1.82, 2.24) is 9.88 Å². The van der Waals surface area contributed by atoms with Gasteiger partial charge in [-0.05, 0) is 44.2 Å². The number of aromatic nitrogens is 1. The maximum Gasteiger partial charge on any atom is 0.246 e. The van der Waals surface area contributed by atoms with Gasteiger partial charge in [0.25, 0.3) is 0 Å². The van der Waals surface area contributed by atoms with E-state index in [1.54, 1.807) is 18.5 Å². The molecule has 0 aliphatic carbocycles. The molecule has 0 spiro atoms. The summed E-state index contributed by atoms with van der Waals surface area (Å²) in [6.07, 6.45) is 8.15. The van der Waals surface area contributed by atoms with Gasteiger partial charge in [0.2, 0.25) is 5.91 Å². The van der Waals surface area contributed by atoms with E-state index in [2.05, 4.69) is 16.8 Å². The van der Waals surface area contributed by atoms with Gasteiger partial charge < -0.3 is 19.3 Å². The van der Waals surface area contributed by atoms with Gasteiger partial charge in [0.1, 0.15) is 17.6 Å². The van der Waals surface area contributed by atoms with Crippen molar-refractivity contribution in [2.45, 2.75) is 26.4 Å². The largest absolute Gasteiger partial charge is 0.493 e. The molecule has 152 valence electrons. The van der Waals surface area contributed by atoms with Gasteiger partial charge in [-0.1, -0.05) is 0 Å². The Bertz CT molecular complexity index is 890. The lowest BCUT2D eigenvalue weighted by Crippen LogP contribution is -2.48. The smallest absolute Gasteiger partial charge is 0.246 e. The molecule has 6 heteroatoms. The van der Waals surface area contributed by atoms with E-state index in [-0.39, 0.29) is 12.0 Å². The monoisotopic (exact) mass is 393 g/mol. The van der Waals surface area contributed by atoms with Crippen LogP contribution in [-0.4, -0.2) is 54.7 Å². The van der Waals surface area contributed by atoms with Crippen molar-refractivity contribution in [2.24, 2.45) is 0 Å². The minimum atomic E-state index is 0.0246. The van der Waals surface area contributed by atoms with Crippen LogP contribution in [-0.2, 0) is 11.2 Å². The summed E-state index contributed by atoms with van der Waals surface area (Å²) in [6, 6.07) is 8.03. The molecule has 1 saturated heterocycles. The highest BCUT2D eigenvalue weighted by Gasteiger charge is 2.22. The van der Waals surface area contributed by atoms with Gasteiger partial charge in [0, 0.05) is 67.9 Å². The molecule has 0 bridgehead atoms. The predicted molar refractivity (Wildman–Crippen MR) is 113 cm³/mol. The lowest BCUT2D eigenvalue weighted by atomic mass is 10.1. The SMILES string of the molecule is CCOc1cc2c(cc1/C=C/C(=O)N1CCN(c3ccncc3)CC1)O[C@@H](C)C2. The molecule has 1 atom stereocenters. The summed E-state index contributed by atoms with van der Waals surface area (Å²) in [4.78, 5) is 20.9. The number of amides is 1. The molecule has 1 amide bonds. The highest BCUT2D eigenvalue weighted by atomic mass is 16.5. The van der Waals surface area contributed by atoms with Crippen LogP contribution >= 0.6 is 0 Å². The fourth-order valence-electron chi connectivity index (χ4n) is 3.87. The van der Waals surface area contributed by atoms with E-state index >= 15 is 0 Å². The maximum atomic E-state index is 12.7. The zero-order valence-electron chi connectivity index (χ0n) is 17.0. The van der Waals surface area contributed by atoms with Crippen molar-refractivity contribution in [3.05, 3.63) is 53.9 Å². The number of fused-ring (bicyclic) bond motifs is 1. The van der Waals surface area contributed by atoms with Gasteiger partial charge in [-0.15, -0.1) is 0 Å². The van der Waals surface area contributed by atoms with Crippen LogP contribution in [0.1, 0.15) is 25.0 Å². The third-order valence-electron chi connectivity index (χ3n) is 5.35. The van der Waals surface area contributed by atoms with E-state index in [4.69, 9.17) is 9.47 Å². The molecule has 0 saturated carbocycles. The zero-order valence-corrected chi connectivity index (χ0v) is 17.0. The van der Waals surface area contributed by atoms with E-state index < -0.39 is 0 Å². The number of ether oxygens (including phenoxy) is 2. The standard InChI is InChI=1S/C23H27N3O3/c1-3-28-21-16-19-14-17(2)29-22(19)15-18(21)4-5-23(27)26-12-10-25(11-13-26)20-6-8-24-9-7-20/h4-9,15-17H,3,10-14H2,1-2H3/b5-4+/t17-/m0/s1. The molecule has 1 aromatic carbocycles. The molecule has 3 heterocycles. The Morgan fingerprint density at radius 2 is 2.00 bits per heavy atom. The molecule has 0 unspecified atom stereocenters. The Balaban J connectivity index is 1.42. The number of carbonyl (C=O) groups excluding carboxylic acids is 1. The topological polar surface area (TPSA) is 54.9 Å². The Hall–Kier alpha value is -3.02. The summed E-state index contributed by atoms with van der Waals surface area (Å²) in [6.45, 7) is 7.65. The first-order chi connectivity index (χ1) is 14.1. The van der Waals surface area contributed by atoms with Crippen molar-refractivity contribution in [1.29, 1.82) is 0 Å². The molecule has 4 rings (SSSR count). The molecular weight excluding hydrogens is 366 g/mol. The quantitative estimate of drug-likeness (QED) is 0.731. The third kappa shape index (κ3) is 4.36. The van der Waals surface area contributed by atoms with Crippen LogP contribution in [0.5, 0.6) is 11.5 Å². The number of piperazine rings is 1. The summed E-state index contributed by atoms with van der Waals surface area (Å²) < 4.78 is 11.7. The molecule has 2 aliphatic heterocycles. The lowest BCUT2D eigenvalue weighted by Gasteiger charge is -2.35. The first-order valence-corrected chi connectivity index (χ1v) is 10.2. The number of nitrogens with zero attached hydrogens (tertiary/aromatic N) is 3. The predicted octanol–water partition coefficient (Wildman–Crippen LogP) is 3.17. The van der Waals surface area contributed by atoms with Gasteiger partial charge in [-0.2, -0.15) is 0 Å². The molecular formula is C23H27N3O3. The number of rotatable bonds is 5. The molecule has 0 N–H and O–H groups in total. The van der Waals surface area contributed by atoms with Gasteiger partial charge in [-0.3, -0.25) is 9.78 Å². The van der Waals surface area contributed by atoms with Crippen molar-refractivity contribution in [3.8, 4) is 11.5 Å². The van der Waals surface area contributed by atoms with E-state index in [0.717, 1.165) is 47.8 Å². The molecule has 29 heavy (non-hydrogen) atoms. The van der Waals surface area contributed by atoms with Gasteiger partial charge >= 0.3 is 0 Å². The van der Waals surface area contributed by atoms with Gasteiger partial charge in [0.05, 0.1) is 6.61 Å². The van der Waals surface area contributed by atoms with Crippen LogP contribution in [0.25, 0.3) is 6.08 Å². The van der Waals surface area contributed by atoms with E-state index in [1.807, 2.05) is 42.2 Å². The Kier molecular flexibility index (Phi) is 5.69. The fourth-order valence-corrected chi connectivity index (χ4v) is 3.87. The van der Waals surface area contributed by atoms with Crippen molar-refractivity contribution < 1.29 is 14.3 Å². The second-order valence-corrected chi connectivity index (χ2v) is 7.41. The second kappa shape index (κ2) is 8.55. The van der Waals surface area contributed by atoms with Crippen LogP contribution < -0.4 is 14.4 Å². The molecule has 6 nitrogen and oxygen atoms in total. The lowest BCUT2D eigenvalue weighted by molar-refractivity contribution is -0.126. The average molecular weight is 393 g/mol. The first-order valence-electron chi connectivity index (χ1n) is 10.2. The van der Waals surface area contributed by atoms with E-state index in [0.29, 0.717) is 19.7 Å². The number of benzene rings is 1. The zero-order chi connectivity index (χ0) is 20.2. The minimum Gasteiger partial charge on any atom is -0.493 e. The highest BCUT2D eigenvalue weighted by molar-refractivity contribution is 5.92. The molecule has 0 radical (unpaired) electrons. The van der Waals surface area contributed by atoms with Crippen LogP contribution in [0.3, 0.4) is 0 Å². The van der Waals surface area contributed by atoms with Crippen LogP contribution in [0.2, 0.25) is 0 Å². The number of hydrogen-bond donors (Lipinski definition) is 0. The number of anilines is 1. The molecule has 2 aliphatic rings. The van der Waals surface area contributed by atoms with Crippen LogP contribution in [0.4, 0.5) is 5.69 Å². The summed E-state index contributed by atoms with van der Waals surface area (Å²) in [5, 5.41) is 0. The Labute approximate surface area is 171 Å². The van der Waals surface area contributed by atoms with Crippen molar-refractivity contribution in [2.75, 3.05) is 37.7 Å². The Morgan fingerprint density at radius 1 is 1.24 bits per heavy atom. The summed E-state index contributed by atoms with van der Waals surface area (Å²) in [7, 11) is 0. The minimum absolute atomic E-state index is 0.0246. The number of hydrogen-bond acceptors (Lipinski definition) is 5. The maximum absolute atomic E-state index is 12.7. The van der Waals surface area contributed by atoms with Crippen LogP contribution in [0, 0.1) is 0 Å². The average Bonchev–Trinajstić information content (AvgIpc) is 3.11. The van der Waals surface area contributed by atoms with E-state index in [1.165, 1.54) is 0 Å². The molecule has 1 fully saturated rings. The normalized spacial score (nSPS) is 18.6. The Morgan fingerprint density at radius 3 is 2.72 bits per heavy atom. The molecule has 1 aromatic heterocycles. The number of pyridine rings is 1. The van der Waals surface area contributed by atoms with Gasteiger partial charge in [0.15, 0.2) is 0 Å². The molecule has 2 aromatic rings. The second-order valence-electron chi connectivity index (χ2n) is 7.41.